The number of likely N-dealkylation sites (tertiary alicyclic amines) is 1. The average molecular weight is 417 g/mol. The summed E-state index contributed by atoms with van der Waals surface area (Å²) in [4.78, 5) is 31.6. The summed E-state index contributed by atoms with van der Waals surface area (Å²) in [5, 5.41) is 4.51. The minimum Gasteiger partial charge on any atom is -0.463 e. The fourth-order valence-electron chi connectivity index (χ4n) is 4.19. The van der Waals surface area contributed by atoms with Crippen molar-refractivity contribution in [2.75, 3.05) is 13.1 Å². The number of aromatic nitrogens is 4. The van der Waals surface area contributed by atoms with Gasteiger partial charge in [-0.15, -0.1) is 0 Å². The minimum absolute atomic E-state index is 0.0812. The van der Waals surface area contributed by atoms with Crippen molar-refractivity contribution in [2.45, 2.75) is 31.8 Å². The zero-order valence-electron chi connectivity index (χ0n) is 17.1. The Labute approximate surface area is 178 Å². The quantitative estimate of drug-likeness (QED) is 0.498. The number of fused-ring (bicyclic) bond motifs is 1. The van der Waals surface area contributed by atoms with Crippen LogP contribution in [0.2, 0.25) is 0 Å². The molecule has 1 amide bonds. The number of rotatable bonds is 5. The lowest BCUT2D eigenvalue weighted by atomic mass is 10.1. The van der Waals surface area contributed by atoms with Crippen molar-refractivity contribution in [3.05, 3.63) is 71.5 Å². The topological polar surface area (TPSA) is 86.2 Å². The third kappa shape index (κ3) is 3.88. The molecule has 4 aromatic rings. The summed E-state index contributed by atoms with van der Waals surface area (Å²) in [7, 11) is 0. The van der Waals surface area contributed by atoms with Gasteiger partial charge in [0.25, 0.3) is 5.56 Å². The summed E-state index contributed by atoms with van der Waals surface area (Å²) < 4.78 is 8.92. The van der Waals surface area contributed by atoms with Crippen LogP contribution in [0.4, 0.5) is 0 Å². The summed E-state index contributed by atoms with van der Waals surface area (Å²) in [5.74, 6) is 0.697. The number of hydrogen-bond acceptors (Lipinski definition) is 5. The van der Waals surface area contributed by atoms with E-state index in [1.54, 1.807) is 24.7 Å². The molecule has 1 unspecified atom stereocenters. The first kappa shape index (κ1) is 19.3. The maximum Gasteiger partial charge on any atom is 0.267 e. The number of imidazole rings is 1. The van der Waals surface area contributed by atoms with E-state index in [2.05, 4.69) is 10.1 Å². The first-order chi connectivity index (χ1) is 15.2. The fraction of sp³-hybridized carbons (Fsp3) is 0.304. The van der Waals surface area contributed by atoms with Gasteiger partial charge in [-0.1, -0.05) is 12.1 Å². The number of amides is 1. The molecule has 31 heavy (non-hydrogen) atoms. The second kappa shape index (κ2) is 8.22. The summed E-state index contributed by atoms with van der Waals surface area (Å²) in [5.41, 5.74) is 2.40. The summed E-state index contributed by atoms with van der Waals surface area (Å²) in [6, 6.07) is 14.5. The van der Waals surface area contributed by atoms with Gasteiger partial charge >= 0.3 is 0 Å². The highest BCUT2D eigenvalue weighted by Crippen LogP contribution is 2.22. The number of para-hydroxylation sites is 2. The Bertz CT molecular complexity index is 1260. The van der Waals surface area contributed by atoms with Gasteiger partial charge in [0.05, 0.1) is 29.7 Å². The van der Waals surface area contributed by atoms with Crippen LogP contribution in [0.1, 0.15) is 25.3 Å². The largest absolute Gasteiger partial charge is 0.463 e. The molecule has 0 spiro atoms. The van der Waals surface area contributed by atoms with E-state index in [-0.39, 0.29) is 17.5 Å². The molecule has 5 rings (SSSR count). The Morgan fingerprint density at radius 1 is 1.13 bits per heavy atom. The molecular formula is C23H23N5O3. The molecule has 1 aliphatic rings. The van der Waals surface area contributed by atoms with Gasteiger partial charge in [-0.3, -0.25) is 9.59 Å². The number of benzene rings is 1. The molecule has 3 aromatic heterocycles. The zero-order valence-corrected chi connectivity index (χ0v) is 17.1. The van der Waals surface area contributed by atoms with Crippen LogP contribution >= 0.6 is 0 Å². The molecule has 1 saturated heterocycles. The highest BCUT2D eigenvalue weighted by molar-refractivity contribution is 5.77. The number of aryl methyl sites for hydroxylation is 1. The monoisotopic (exact) mass is 417 g/mol. The number of carbonyl (C=O) groups excluding carboxylic acids is 1. The van der Waals surface area contributed by atoms with E-state index in [1.807, 2.05) is 39.8 Å². The molecule has 0 N–H and O–H groups in total. The fourth-order valence-corrected chi connectivity index (χ4v) is 4.19. The maximum absolute atomic E-state index is 12.9. The van der Waals surface area contributed by atoms with E-state index in [4.69, 9.17) is 4.42 Å². The van der Waals surface area contributed by atoms with Crippen molar-refractivity contribution in [3.8, 4) is 11.5 Å². The van der Waals surface area contributed by atoms with Crippen molar-refractivity contribution in [1.82, 2.24) is 24.2 Å². The number of nitrogens with zero attached hydrogens (tertiary/aromatic N) is 5. The molecule has 0 saturated carbocycles. The average Bonchev–Trinajstić information content (AvgIpc) is 3.48. The van der Waals surface area contributed by atoms with Crippen LogP contribution in [0.25, 0.3) is 22.5 Å². The van der Waals surface area contributed by atoms with Crippen LogP contribution in [0.15, 0.2) is 70.3 Å². The third-order valence-corrected chi connectivity index (χ3v) is 5.79. The van der Waals surface area contributed by atoms with Crippen molar-refractivity contribution >= 4 is 16.9 Å². The van der Waals surface area contributed by atoms with Gasteiger partial charge in [-0.05, 0) is 43.2 Å². The summed E-state index contributed by atoms with van der Waals surface area (Å²) in [6.07, 6.45) is 5.40. The Morgan fingerprint density at radius 3 is 2.90 bits per heavy atom. The molecule has 158 valence electrons. The lowest BCUT2D eigenvalue weighted by Crippen LogP contribution is -2.43. The zero-order chi connectivity index (χ0) is 21.2. The molecular weight excluding hydrogens is 394 g/mol. The van der Waals surface area contributed by atoms with Gasteiger partial charge in [-0.2, -0.15) is 5.10 Å². The maximum atomic E-state index is 12.9. The smallest absolute Gasteiger partial charge is 0.267 e. The first-order valence-corrected chi connectivity index (χ1v) is 10.5. The Kier molecular flexibility index (Phi) is 5.11. The molecule has 1 atom stereocenters. The van der Waals surface area contributed by atoms with Crippen molar-refractivity contribution < 1.29 is 9.21 Å². The van der Waals surface area contributed by atoms with Crippen LogP contribution in [0.3, 0.4) is 0 Å². The van der Waals surface area contributed by atoms with E-state index in [9.17, 15) is 9.59 Å². The lowest BCUT2D eigenvalue weighted by molar-refractivity contribution is -0.133. The number of piperidine rings is 1. The Balaban J connectivity index is 1.28. The molecule has 8 nitrogen and oxygen atoms in total. The van der Waals surface area contributed by atoms with Gasteiger partial charge in [0.1, 0.15) is 5.69 Å². The minimum atomic E-state index is -0.167. The van der Waals surface area contributed by atoms with E-state index in [1.165, 1.54) is 10.7 Å². The third-order valence-electron chi connectivity index (χ3n) is 5.79. The van der Waals surface area contributed by atoms with Crippen LogP contribution < -0.4 is 5.56 Å². The molecule has 1 aromatic carbocycles. The Morgan fingerprint density at radius 2 is 2.03 bits per heavy atom. The van der Waals surface area contributed by atoms with Crippen molar-refractivity contribution in [2.24, 2.45) is 0 Å². The van der Waals surface area contributed by atoms with E-state index >= 15 is 0 Å². The second-order valence-electron chi connectivity index (χ2n) is 7.79. The highest BCUT2D eigenvalue weighted by atomic mass is 16.3. The molecule has 1 fully saturated rings. The lowest BCUT2D eigenvalue weighted by Gasteiger charge is -2.33. The van der Waals surface area contributed by atoms with Crippen LogP contribution in [0.5, 0.6) is 0 Å². The number of carbonyl (C=O) groups is 1. The molecule has 0 radical (unpaired) electrons. The Hall–Kier alpha value is -3.68. The number of hydrogen-bond donors (Lipinski definition) is 0. The van der Waals surface area contributed by atoms with Gasteiger partial charge < -0.3 is 13.9 Å². The molecule has 8 heteroatoms. The summed E-state index contributed by atoms with van der Waals surface area (Å²) >= 11 is 0. The van der Waals surface area contributed by atoms with Gasteiger partial charge in [-0.25, -0.2) is 9.67 Å². The van der Waals surface area contributed by atoms with Gasteiger partial charge in [0.2, 0.25) is 5.91 Å². The van der Waals surface area contributed by atoms with Crippen LogP contribution in [-0.4, -0.2) is 43.2 Å². The standard InChI is InChI=1S/C23H23N5O3/c29-22(11-13-27-16-24-18-6-1-2-7-20(18)27)26-12-3-5-17(15-26)28-23(30)10-9-19(25-28)21-8-4-14-31-21/h1-2,4,6-10,14,16-17H,3,5,11-13,15H2. The predicted octanol–water partition coefficient (Wildman–Crippen LogP) is 3.11. The van der Waals surface area contributed by atoms with Gasteiger partial charge in [0.15, 0.2) is 5.76 Å². The number of furan rings is 1. The first-order valence-electron chi connectivity index (χ1n) is 10.5. The van der Waals surface area contributed by atoms with Crippen LogP contribution in [0, 0.1) is 0 Å². The summed E-state index contributed by atoms with van der Waals surface area (Å²) in [6.45, 7) is 1.76. The van der Waals surface area contributed by atoms with Crippen molar-refractivity contribution in [3.63, 3.8) is 0 Å². The van der Waals surface area contributed by atoms with Gasteiger partial charge in [0, 0.05) is 32.1 Å². The molecule has 0 bridgehead atoms. The second-order valence-corrected chi connectivity index (χ2v) is 7.79. The molecule has 0 aliphatic carbocycles. The van der Waals surface area contributed by atoms with E-state index < -0.39 is 0 Å². The highest BCUT2D eigenvalue weighted by Gasteiger charge is 2.26. The SMILES string of the molecule is O=C(CCn1cnc2ccccc21)N1CCCC(n2nc(-c3ccco3)ccc2=O)C1. The van der Waals surface area contributed by atoms with E-state index in [0.29, 0.717) is 37.5 Å². The van der Waals surface area contributed by atoms with E-state index in [0.717, 1.165) is 23.9 Å². The predicted molar refractivity (Wildman–Crippen MR) is 115 cm³/mol. The van der Waals surface area contributed by atoms with Crippen LogP contribution in [-0.2, 0) is 11.3 Å². The molecule has 1 aliphatic heterocycles. The normalized spacial score (nSPS) is 16.6. The molecule has 4 heterocycles. The van der Waals surface area contributed by atoms with Crippen molar-refractivity contribution in [1.29, 1.82) is 0 Å².